The van der Waals surface area contributed by atoms with Crippen LogP contribution in [0.25, 0.3) is 0 Å². The quantitative estimate of drug-likeness (QED) is 0.656. The van der Waals surface area contributed by atoms with E-state index in [2.05, 4.69) is 59.9 Å². The van der Waals surface area contributed by atoms with Crippen LogP contribution in [-0.2, 0) is 13.0 Å². The van der Waals surface area contributed by atoms with Gasteiger partial charge in [0.15, 0.2) is 5.96 Å². The van der Waals surface area contributed by atoms with Gasteiger partial charge in [0.25, 0.3) is 0 Å². The van der Waals surface area contributed by atoms with Gasteiger partial charge in [-0.15, -0.1) is 11.3 Å². The van der Waals surface area contributed by atoms with Crippen molar-refractivity contribution in [3.63, 3.8) is 0 Å². The lowest BCUT2D eigenvalue weighted by Crippen LogP contribution is -2.33. The summed E-state index contributed by atoms with van der Waals surface area (Å²) in [4.78, 5) is 5.75. The minimum Gasteiger partial charge on any atom is -0.370 e. The Kier molecular flexibility index (Phi) is 5.18. The highest BCUT2D eigenvalue weighted by atomic mass is 32.1. The van der Waals surface area contributed by atoms with Crippen LogP contribution < -0.4 is 11.1 Å². The smallest absolute Gasteiger partial charge is 0.188 e. The lowest BCUT2D eigenvalue weighted by Gasteiger charge is -2.07. The summed E-state index contributed by atoms with van der Waals surface area (Å²) in [6.07, 6.45) is 0.984. The Balaban J connectivity index is 1.81. The zero-order valence-electron chi connectivity index (χ0n) is 12.0. The predicted octanol–water partition coefficient (Wildman–Crippen LogP) is 3.01. The number of aliphatic imine (C=N–C) groups is 1. The molecule has 1 aromatic heterocycles. The third-order valence-corrected chi connectivity index (χ3v) is 4.11. The molecule has 3 nitrogen and oxygen atoms in total. The lowest BCUT2D eigenvalue weighted by molar-refractivity contribution is 0.856. The van der Waals surface area contributed by atoms with Crippen molar-refractivity contribution in [2.24, 2.45) is 10.7 Å². The number of hydrogen-bond acceptors (Lipinski definition) is 2. The molecule has 0 aliphatic carbocycles. The van der Waals surface area contributed by atoms with Gasteiger partial charge in [-0.05, 0) is 42.8 Å². The van der Waals surface area contributed by atoms with Gasteiger partial charge >= 0.3 is 0 Å². The summed E-state index contributed by atoms with van der Waals surface area (Å²) in [6.45, 7) is 5.66. The van der Waals surface area contributed by atoms with Gasteiger partial charge < -0.3 is 11.1 Å². The molecule has 0 fully saturated rings. The number of aryl methyl sites for hydroxylation is 2. The standard InChI is InChI=1S/C16H21N3S/c1-12-5-6-14(13(2)10-12)11-19-16(17)18-8-7-15-4-3-9-20-15/h3-6,9-10H,7-8,11H2,1-2H3,(H3,17,18,19). The predicted molar refractivity (Wildman–Crippen MR) is 87.3 cm³/mol. The zero-order chi connectivity index (χ0) is 14.4. The molecule has 1 heterocycles. The van der Waals surface area contributed by atoms with Crippen molar-refractivity contribution in [3.05, 3.63) is 57.3 Å². The van der Waals surface area contributed by atoms with E-state index in [4.69, 9.17) is 5.73 Å². The van der Waals surface area contributed by atoms with Gasteiger partial charge in [0, 0.05) is 11.4 Å². The highest BCUT2D eigenvalue weighted by Crippen LogP contribution is 2.11. The maximum absolute atomic E-state index is 5.88. The summed E-state index contributed by atoms with van der Waals surface area (Å²) in [5.74, 6) is 0.515. The van der Waals surface area contributed by atoms with Crippen LogP contribution in [0.15, 0.2) is 40.7 Å². The van der Waals surface area contributed by atoms with Crippen LogP contribution in [0.4, 0.5) is 0 Å². The maximum Gasteiger partial charge on any atom is 0.188 e. The van der Waals surface area contributed by atoms with Crippen molar-refractivity contribution in [3.8, 4) is 0 Å². The second-order valence-corrected chi connectivity index (χ2v) is 5.92. The van der Waals surface area contributed by atoms with Gasteiger partial charge in [-0.3, -0.25) is 0 Å². The summed E-state index contributed by atoms with van der Waals surface area (Å²) < 4.78 is 0. The average molecular weight is 287 g/mol. The number of rotatable bonds is 5. The maximum atomic E-state index is 5.88. The number of nitrogens with two attached hydrogens (primary N) is 1. The number of thiophene rings is 1. The molecule has 0 aliphatic heterocycles. The molecule has 2 aromatic rings. The Morgan fingerprint density at radius 2 is 2.15 bits per heavy atom. The van der Waals surface area contributed by atoms with Crippen LogP contribution in [0.3, 0.4) is 0 Å². The summed E-state index contributed by atoms with van der Waals surface area (Å²) in [7, 11) is 0. The Morgan fingerprint density at radius 1 is 1.30 bits per heavy atom. The van der Waals surface area contributed by atoms with Gasteiger partial charge in [-0.25, -0.2) is 4.99 Å². The van der Waals surface area contributed by atoms with Crippen molar-refractivity contribution in [2.45, 2.75) is 26.8 Å². The molecule has 1 aromatic carbocycles. The fraction of sp³-hybridized carbons (Fsp3) is 0.312. The molecule has 3 N–H and O–H groups in total. The molecule has 0 aliphatic rings. The highest BCUT2D eigenvalue weighted by Gasteiger charge is 1.99. The summed E-state index contributed by atoms with van der Waals surface area (Å²) in [5, 5.41) is 5.25. The van der Waals surface area contributed by atoms with Crippen LogP contribution in [0.5, 0.6) is 0 Å². The number of nitrogens with zero attached hydrogens (tertiary/aromatic N) is 1. The molecular formula is C16H21N3S. The van der Waals surface area contributed by atoms with Crippen LogP contribution in [0.1, 0.15) is 21.6 Å². The normalized spacial score (nSPS) is 11.6. The van der Waals surface area contributed by atoms with E-state index in [0.29, 0.717) is 12.5 Å². The molecule has 0 radical (unpaired) electrons. The van der Waals surface area contributed by atoms with Crippen molar-refractivity contribution >= 4 is 17.3 Å². The van der Waals surface area contributed by atoms with Crippen LogP contribution >= 0.6 is 11.3 Å². The van der Waals surface area contributed by atoms with Crippen molar-refractivity contribution < 1.29 is 0 Å². The third-order valence-electron chi connectivity index (χ3n) is 3.18. The van der Waals surface area contributed by atoms with E-state index in [1.54, 1.807) is 11.3 Å². The van der Waals surface area contributed by atoms with E-state index < -0.39 is 0 Å². The number of benzene rings is 1. The van der Waals surface area contributed by atoms with Gasteiger partial charge in [0.1, 0.15) is 0 Å². The lowest BCUT2D eigenvalue weighted by atomic mass is 10.1. The molecule has 0 amide bonds. The Labute approximate surface area is 124 Å². The number of hydrogen-bond donors (Lipinski definition) is 2. The minimum absolute atomic E-state index is 0.515. The molecule has 0 unspecified atom stereocenters. The Hall–Kier alpha value is -1.81. The van der Waals surface area contributed by atoms with E-state index in [1.807, 2.05) is 0 Å². The molecule has 0 bridgehead atoms. The largest absolute Gasteiger partial charge is 0.370 e. The summed E-state index contributed by atoms with van der Waals surface area (Å²) >= 11 is 1.77. The number of guanidine groups is 1. The first-order chi connectivity index (χ1) is 9.65. The van der Waals surface area contributed by atoms with E-state index in [1.165, 1.54) is 21.6 Å². The first kappa shape index (κ1) is 14.6. The van der Waals surface area contributed by atoms with Gasteiger partial charge in [-0.2, -0.15) is 0 Å². The molecular weight excluding hydrogens is 266 g/mol. The second kappa shape index (κ2) is 7.10. The minimum atomic E-state index is 0.515. The topological polar surface area (TPSA) is 50.4 Å². The second-order valence-electron chi connectivity index (χ2n) is 4.89. The fourth-order valence-electron chi connectivity index (χ4n) is 2.02. The zero-order valence-corrected chi connectivity index (χ0v) is 12.8. The van der Waals surface area contributed by atoms with Crippen LogP contribution in [0.2, 0.25) is 0 Å². The third kappa shape index (κ3) is 4.38. The monoisotopic (exact) mass is 287 g/mol. The van der Waals surface area contributed by atoms with Crippen LogP contribution in [-0.4, -0.2) is 12.5 Å². The summed E-state index contributed by atoms with van der Waals surface area (Å²) in [5.41, 5.74) is 9.64. The molecule has 2 rings (SSSR count). The van der Waals surface area contributed by atoms with Gasteiger partial charge in [0.2, 0.25) is 0 Å². The van der Waals surface area contributed by atoms with Gasteiger partial charge in [-0.1, -0.05) is 29.8 Å². The molecule has 4 heteroatoms. The van der Waals surface area contributed by atoms with Crippen molar-refractivity contribution in [1.29, 1.82) is 0 Å². The molecule has 0 spiro atoms. The fourth-order valence-corrected chi connectivity index (χ4v) is 2.73. The Bertz CT molecular complexity index is 573. The van der Waals surface area contributed by atoms with E-state index in [9.17, 15) is 0 Å². The van der Waals surface area contributed by atoms with E-state index in [-0.39, 0.29) is 0 Å². The molecule has 0 saturated heterocycles. The van der Waals surface area contributed by atoms with Gasteiger partial charge in [0.05, 0.1) is 6.54 Å². The van der Waals surface area contributed by atoms with E-state index in [0.717, 1.165) is 13.0 Å². The molecule has 0 atom stereocenters. The number of nitrogens with one attached hydrogen (secondary N) is 1. The first-order valence-electron chi connectivity index (χ1n) is 6.77. The summed E-state index contributed by atoms with van der Waals surface area (Å²) in [6, 6.07) is 10.6. The molecule has 0 saturated carbocycles. The molecule has 20 heavy (non-hydrogen) atoms. The SMILES string of the molecule is Cc1ccc(CN=C(N)NCCc2cccs2)c(C)c1. The molecule has 106 valence electrons. The average Bonchev–Trinajstić information content (AvgIpc) is 2.91. The van der Waals surface area contributed by atoms with Crippen molar-refractivity contribution in [1.82, 2.24) is 5.32 Å². The van der Waals surface area contributed by atoms with E-state index >= 15 is 0 Å². The first-order valence-corrected chi connectivity index (χ1v) is 7.65. The van der Waals surface area contributed by atoms with Crippen LogP contribution in [0, 0.1) is 13.8 Å². The van der Waals surface area contributed by atoms with Crippen molar-refractivity contribution in [2.75, 3.05) is 6.54 Å². The highest BCUT2D eigenvalue weighted by molar-refractivity contribution is 7.09. The Morgan fingerprint density at radius 3 is 2.85 bits per heavy atom.